The molecule has 0 radical (unpaired) electrons. The van der Waals surface area contributed by atoms with Gasteiger partial charge in [0.1, 0.15) is 11.5 Å². The summed E-state index contributed by atoms with van der Waals surface area (Å²) in [6.45, 7) is 0. The van der Waals surface area contributed by atoms with Gasteiger partial charge in [-0.3, -0.25) is 0 Å². The summed E-state index contributed by atoms with van der Waals surface area (Å²) in [5, 5.41) is 9.17. The van der Waals surface area contributed by atoms with Crippen LogP contribution in [0.4, 0.5) is 0 Å². The third kappa shape index (κ3) is 2.93. The molecule has 2 aromatic carbocycles. The third-order valence-electron chi connectivity index (χ3n) is 4.96. The number of benzene rings is 2. The average Bonchev–Trinajstić information content (AvgIpc) is 3.37. The summed E-state index contributed by atoms with van der Waals surface area (Å²) in [6.07, 6.45) is 0.618. The Labute approximate surface area is 170 Å². The van der Waals surface area contributed by atoms with E-state index in [0.717, 1.165) is 33.7 Å². The van der Waals surface area contributed by atoms with Crippen LogP contribution in [0.15, 0.2) is 69.6 Å². The summed E-state index contributed by atoms with van der Waals surface area (Å²) < 4.78 is 12.7. The fraction of sp³-hybridized carbons (Fsp3) is 0.190. The van der Waals surface area contributed by atoms with Gasteiger partial charge in [-0.05, 0) is 53.9 Å². The molecular weight excluding hydrogens is 424 g/mol. The quantitative estimate of drug-likeness (QED) is 0.518. The normalized spacial score (nSPS) is 20.5. The number of hydrazone groups is 1. The van der Waals surface area contributed by atoms with Crippen molar-refractivity contribution in [1.82, 2.24) is 5.01 Å². The van der Waals surface area contributed by atoms with Crippen LogP contribution in [0.3, 0.4) is 0 Å². The third-order valence-corrected chi connectivity index (χ3v) is 6.37. The number of fused-ring (bicyclic) bond motifs is 3. The van der Waals surface area contributed by atoms with E-state index < -0.39 is 0 Å². The molecule has 0 fully saturated rings. The molecule has 0 amide bonds. The highest BCUT2D eigenvalue weighted by atomic mass is 79.9. The second-order valence-electron chi connectivity index (χ2n) is 6.55. The predicted molar refractivity (Wildman–Crippen MR) is 111 cm³/mol. The zero-order valence-electron chi connectivity index (χ0n) is 14.6. The van der Waals surface area contributed by atoms with Gasteiger partial charge in [0.05, 0.1) is 23.7 Å². The maximum atomic E-state index is 6.39. The number of hydrogen-bond donors (Lipinski definition) is 0. The van der Waals surface area contributed by atoms with Crippen LogP contribution in [-0.4, -0.2) is 17.8 Å². The second kappa shape index (κ2) is 6.69. The molecule has 4 nitrogen and oxygen atoms in total. The molecule has 3 heterocycles. The van der Waals surface area contributed by atoms with Gasteiger partial charge in [-0.25, -0.2) is 5.01 Å². The van der Waals surface area contributed by atoms with Gasteiger partial charge in [-0.15, -0.1) is 11.3 Å². The van der Waals surface area contributed by atoms with Gasteiger partial charge in [-0.2, -0.15) is 5.10 Å². The first-order valence-corrected chi connectivity index (χ1v) is 10.4. The smallest absolute Gasteiger partial charge is 0.213 e. The van der Waals surface area contributed by atoms with E-state index in [-0.39, 0.29) is 12.3 Å². The van der Waals surface area contributed by atoms with Crippen molar-refractivity contribution < 1.29 is 9.47 Å². The summed E-state index contributed by atoms with van der Waals surface area (Å²) in [5.41, 5.74) is 3.35. The maximum absolute atomic E-state index is 6.39. The fourth-order valence-corrected chi connectivity index (χ4v) is 4.74. The number of halogens is 1. The fourth-order valence-electron chi connectivity index (χ4n) is 3.64. The Hall–Kier alpha value is -2.31. The zero-order chi connectivity index (χ0) is 18.4. The van der Waals surface area contributed by atoms with E-state index in [2.05, 4.69) is 44.5 Å². The maximum Gasteiger partial charge on any atom is 0.213 e. The standard InChI is InChI=1S/C21H17BrN2O2S/c1-25-15-7-4-13(5-8-15)21-24-18(12-17(23-24)20-3-2-10-27-20)16-11-14(22)6-9-19(16)26-21/h2-11,18,21H,12H2,1H3/t18-,21-/m1/s1. The molecule has 0 saturated carbocycles. The molecule has 5 rings (SSSR count). The largest absolute Gasteiger partial charge is 0.497 e. The summed E-state index contributed by atoms with van der Waals surface area (Å²) in [4.78, 5) is 1.22. The lowest BCUT2D eigenvalue weighted by Crippen LogP contribution is -2.33. The molecule has 6 heteroatoms. The number of hydrogen-bond acceptors (Lipinski definition) is 5. The molecule has 0 N–H and O–H groups in total. The molecule has 1 aromatic heterocycles. The van der Waals surface area contributed by atoms with Crippen molar-refractivity contribution in [3.63, 3.8) is 0 Å². The molecule has 0 spiro atoms. The van der Waals surface area contributed by atoms with Crippen LogP contribution >= 0.6 is 27.3 Å². The van der Waals surface area contributed by atoms with Crippen LogP contribution in [0.2, 0.25) is 0 Å². The Bertz CT molecular complexity index is 1000. The number of methoxy groups -OCH3 is 1. The first-order valence-electron chi connectivity index (χ1n) is 8.72. The van der Waals surface area contributed by atoms with Crippen molar-refractivity contribution in [3.05, 3.63) is 80.5 Å². The molecular formula is C21H17BrN2O2S. The summed E-state index contributed by atoms with van der Waals surface area (Å²) in [6, 6.07) is 18.6. The number of rotatable bonds is 3. The monoisotopic (exact) mass is 440 g/mol. The Kier molecular flexibility index (Phi) is 4.17. The molecule has 0 saturated heterocycles. The van der Waals surface area contributed by atoms with Crippen molar-refractivity contribution >= 4 is 33.0 Å². The van der Waals surface area contributed by atoms with Gasteiger partial charge >= 0.3 is 0 Å². The summed E-state index contributed by atoms with van der Waals surface area (Å²) in [5.74, 6) is 1.75. The highest BCUT2D eigenvalue weighted by Gasteiger charge is 2.41. The molecule has 2 aliphatic rings. The van der Waals surface area contributed by atoms with Gasteiger partial charge in [0, 0.05) is 22.0 Å². The number of nitrogens with zero attached hydrogens (tertiary/aromatic N) is 2. The van der Waals surface area contributed by atoms with Crippen molar-refractivity contribution in [2.45, 2.75) is 18.7 Å². The van der Waals surface area contributed by atoms with Gasteiger partial charge in [0.15, 0.2) is 0 Å². The summed E-state index contributed by atoms with van der Waals surface area (Å²) in [7, 11) is 1.67. The van der Waals surface area contributed by atoms with Crippen molar-refractivity contribution in [2.75, 3.05) is 7.11 Å². The van der Waals surface area contributed by atoms with Crippen LogP contribution in [0.1, 0.15) is 34.7 Å². The minimum absolute atomic E-state index is 0.162. The van der Waals surface area contributed by atoms with Crippen LogP contribution < -0.4 is 9.47 Å². The Morgan fingerprint density at radius 2 is 2.04 bits per heavy atom. The number of thiophene rings is 1. The lowest BCUT2D eigenvalue weighted by Gasteiger charge is -2.38. The molecule has 0 aliphatic carbocycles. The van der Waals surface area contributed by atoms with E-state index in [0.29, 0.717) is 0 Å². The molecule has 2 aliphatic heterocycles. The minimum Gasteiger partial charge on any atom is -0.497 e. The molecule has 0 unspecified atom stereocenters. The average molecular weight is 441 g/mol. The highest BCUT2D eigenvalue weighted by Crippen LogP contribution is 2.48. The Morgan fingerprint density at radius 3 is 2.78 bits per heavy atom. The van der Waals surface area contributed by atoms with E-state index in [1.165, 1.54) is 10.4 Å². The second-order valence-corrected chi connectivity index (χ2v) is 8.41. The molecule has 0 bridgehead atoms. The van der Waals surface area contributed by atoms with Crippen LogP contribution in [0.25, 0.3) is 0 Å². The van der Waals surface area contributed by atoms with Crippen LogP contribution in [-0.2, 0) is 0 Å². The minimum atomic E-state index is -0.257. The van der Waals surface area contributed by atoms with E-state index in [1.54, 1.807) is 18.4 Å². The van der Waals surface area contributed by atoms with Gasteiger partial charge in [0.2, 0.25) is 6.23 Å². The van der Waals surface area contributed by atoms with Gasteiger partial charge < -0.3 is 9.47 Å². The first-order chi connectivity index (χ1) is 13.2. The van der Waals surface area contributed by atoms with Gasteiger partial charge in [0.25, 0.3) is 0 Å². The molecule has 136 valence electrons. The molecule has 2 atom stereocenters. The van der Waals surface area contributed by atoms with E-state index in [9.17, 15) is 0 Å². The van der Waals surface area contributed by atoms with Gasteiger partial charge in [-0.1, -0.05) is 22.0 Å². The van der Waals surface area contributed by atoms with E-state index >= 15 is 0 Å². The van der Waals surface area contributed by atoms with Crippen LogP contribution in [0.5, 0.6) is 11.5 Å². The SMILES string of the molecule is COc1ccc([C@H]2Oc3ccc(Br)cc3[C@H]3CC(c4cccs4)=NN32)cc1. The van der Waals surface area contributed by atoms with Crippen molar-refractivity contribution in [3.8, 4) is 11.5 Å². The lowest BCUT2D eigenvalue weighted by atomic mass is 9.97. The van der Waals surface area contributed by atoms with Crippen molar-refractivity contribution in [2.24, 2.45) is 5.10 Å². The van der Waals surface area contributed by atoms with Crippen molar-refractivity contribution in [1.29, 1.82) is 0 Å². The van der Waals surface area contributed by atoms with E-state index in [4.69, 9.17) is 14.6 Å². The number of ether oxygens (including phenoxy) is 2. The lowest BCUT2D eigenvalue weighted by molar-refractivity contribution is -0.0191. The highest BCUT2D eigenvalue weighted by molar-refractivity contribution is 9.10. The summed E-state index contributed by atoms with van der Waals surface area (Å²) >= 11 is 5.32. The molecule has 3 aromatic rings. The first kappa shape index (κ1) is 16.8. The predicted octanol–water partition coefficient (Wildman–Crippen LogP) is 5.76. The molecule has 27 heavy (non-hydrogen) atoms. The van der Waals surface area contributed by atoms with Crippen LogP contribution in [0, 0.1) is 0 Å². The zero-order valence-corrected chi connectivity index (χ0v) is 17.0. The van der Waals surface area contributed by atoms with E-state index in [1.807, 2.05) is 36.4 Å². The Balaban J connectivity index is 1.59. The topological polar surface area (TPSA) is 34.1 Å². The Morgan fingerprint density at radius 1 is 1.19 bits per heavy atom.